The number of carbonyl (C=O) groups excluding carboxylic acids is 1. The molecule has 0 saturated heterocycles. The van der Waals surface area contributed by atoms with Gasteiger partial charge in [-0.1, -0.05) is 12.2 Å². The zero-order valence-electron chi connectivity index (χ0n) is 9.35. The Morgan fingerprint density at radius 2 is 2.47 bits per heavy atom. The number of hydrogen-bond acceptors (Lipinski definition) is 5. The lowest BCUT2D eigenvalue weighted by molar-refractivity contribution is 0.102. The van der Waals surface area contributed by atoms with Gasteiger partial charge in [-0.05, 0) is 6.08 Å². The van der Waals surface area contributed by atoms with Crippen LogP contribution in [-0.4, -0.2) is 53.9 Å². The number of fused-ring (bicyclic) bond motifs is 3. The molecule has 0 spiro atoms. The summed E-state index contributed by atoms with van der Waals surface area (Å²) in [7, 11) is 1.38. The van der Waals surface area contributed by atoms with Gasteiger partial charge in [-0.25, -0.2) is 14.8 Å². The normalized spacial score (nSPS) is 28.9. The Balaban J connectivity index is 1.94. The van der Waals surface area contributed by atoms with E-state index >= 15 is 0 Å². The maximum atomic E-state index is 11.6. The first-order chi connectivity index (χ1) is 8.31. The van der Waals surface area contributed by atoms with Crippen LogP contribution in [-0.2, 0) is 4.74 Å². The Morgan fingerprint density at radius 1 is 1.59 bits per heavy atom. The minimum atomic E-state index is -0.360. The van der Waals surface area contributed by atoms with Crippen LogP contribution in [0.3, 0.4) is 0 Å². The molecule has 0 aromatic heterocycles. The maximum absolute atomic E-state index is 11.6. The fourth-order valence-electron chi connectivity index (χ4n) is 2.21. The number of aliphatic imine (C=N–C) groups is 2. The van der Waals surface area contributed by atoms with Crippen LogP contribution in [0.2, 0.25) is 0 Å². The molecule has 0 saturated carbocycles. The van der Waals surface area contributed by atoms with E-state index in [1.165, 1.54) is 7.11 Å². The molecule has 0 fully saturated rings. The van der Waals surface area contributed by atoms with Crippen molar-refractivity contribution in [3.05, 3.63) is 24.4 Å². The second kappa shape index (κ2) is 3.73. The summed E-state index contributed by atoms with van der Waals surface area (Å²) in [6.07, 6.45) is 8.85. The van der Waals surface area contributed by atoms with Gasteiger partial charge in [-0.15, -0.1) is 0 Å². The van der Waals surface area contributed by atoms with E-state index in [4.69, 9.17) is 4.74 Å². The van der Waals surface area contributed by atoms with Crippen molar-refractivity contribution in [3.8, 4) is 0 Å². The number of rotatable bonds is 0. The van der Waals surface area contributed by atoms with Gasteiger partial charge >= 0.3 is 6.09 Å². The molecule has 0 bridgehead atoms. The van der Waals surface area contributed by atoms with E-state index in [-0.39, 0.29) is 18.3 Å². The summed E-state index contributed by atoms with van der Waals surface area (Å²) in [6.45, 7) is 0.520. The van der Waals surface area contributed by atoms with Crippen molar-refractivity contribution >= 4 is 18.3 Å². The van der Waals surface area contributed by atoms with Crippen LogP contribution in [0.1, 0.15) is 0 Å². The first kappa shape index (κ1) is 10.1. The SMILES string of the molecule is COC(=O)N1CC=C[C@H]2[C@@H]1N=C1N=CC=CN12. The number of carbonyl (C=O) groups is 1. The predicted octanol–water partition coefficient (Wildman–Crippen LogP) is 0.589. The fourth-order valence-corrected chi connectivity index (χ4v) is 2.21. The van der Waals surface area contributed by atoms with E-state index in [2.05, 4.69) is 9.98 Å². The van der Waals surface area contributed by atoms with Crippen LogP contribution in [0.4, 0.5) is 4.79 Å². The van der Waals surface area contributed by atoms with Crippen LogP contribution >= 0.6 is 0 Å². The van der Waals surface area contributed by atoms with Crippen LogP contribution in [0.15, 0.2) is 34.4 Å². The van der Waals surface area contributed by atoms with Gasteiger partial charge in [0.25, 0.3) is 0 Å². The predicted molar refractivity (Wildman–Crippen MR) is 62.7 cm³/mol. The highest BCUT2D eigenvalue weighted by molar-refractivity contribution is 5.96. The van der Waals surface area contributed by atoms with Crippen molar-refractivity contribution in [3.63, 3.8) is 0 Å². The number of hydrogen-bond donors (Lipinski definition) is 0. The monoisotopic (exact) mass is 232 g/mol. The molecule has 3 rings (SSSR count). The van der Waals surface area contributed by atoms with Crippen molar-refractivity contribution < 1.29 is 9.53 Å². The lowest BCUT2D eigenvalue weighted by Crippen LogP contribution is -2.49. The van der Waals surface area contributed by atoms with Gasteiger partial charge < -0.3 is 9.64 Å². The molecular formula is C11H12N4O2. The Bertz CT molecular complexity index is 466. The molecular weight excluding hydrogens is 220 g/mol. The summed E-state index contributed by atoms with van der Waals surface area (Å²) in [5.74, 6) is 0.642. The first-order valence-electron chi connectivity index (χ1n) is 5.39. The van der Waals surface area contributed by atoms with Crippen LogP contribution < -0.4 is 0 Å². The Labute approximate surface area is 98.6 Å². The highest BCUT2D eigenvalue weighted by Gasteiger charge is 2.41. The second-order valence-electron chi connectivity index (χ2n) is 3.91. The first-order valence-corrected chi connectivity index (χ1v) is 5.39. The summed E-state index contributed by atoms with van der Waals surface area (Å²) >= 11 is 0. The fraction of sp³-hybridized carbons (Fsp3) is 0.364. The third-order valence-corrected chi connectivity index (χ3v) is 2.99. The van der Waals surface area contributed by atoms with Gasteiger partial charge in [-0.2, -0.15) is 0 Å². The molecule has 1 amide bonds. The summed E-state index contributed by atoms with van der Waals surface area (Å²) in [4.78, 5) is 23.8. The molecule has 6 nitrogen and oxygen atoms in total. The molecule has 0 unspecified atom stereocenters. The summed E-state index contributed by atoms with van der Waals surface area (Å²) < 4.78 is 4.76. The zero-order valence-corrected chi connectivity index (χ0v) is 9.35. The van der Waals surface area contributed by atoms with Gasteiger partial charge in [0.2, 0.25) is 5.96 Å². The average Bonchev–Trinajstić information content (AvgIpc) is 2.76. The minimum absolute atomic E-state index is 0.0200. The average molecular weight is 232 g/mol. The van der Waals surface area contributed by atoms with E-state index in [0.29, 0.717) is 12.5 Å². The van der Waals surface area contributed by atoms with Gasteiger partial charge in [0.05, 0.1) is 13.2 Å². The second-order valence-corrected chi connectivity index (χ2v) is 3.91. The molecule has 17 heavy (non-hydrogen) atoms. The number of amides is 1. The molecule has 3 aliphatic heterocycles. The highest BCUT2D eigenvalue weighted by atomic mass is 16.5. The largest absolute Gasteiger partial charge is 0.453 e. The van der Waals surface area contributed by atoms with Gasteiger partial charge in [0.15, 0.2) is 6.17 Å². The molecule has 0 aromatic carbocycles. The number of ether oxygens (including phenoxy) is 1. The Hall–Kier alpha value is -2.11. The smallest absolute Gasteiger partial charge is 0.411 e. The quantitative estimate of drug-likeness (QED) is 0.574. The van der Waals surface area contributed by atoms with Crippen molar-refractivity contribution in [2.75, 3.05) is 13.7 Å². The summed E-state index contributed by atoms with van der Waals surface area (Å²) in [6, 6.07) is 0.0200. The Morgan fingerprint density at radius 3 is 3.29 bits per heavy atom. The third kappa shape index (κ3) is 1.44. The van der Waals surface area contributed by atoms with Crippen molar-refractivity contribution in [1.82, 2.24) is 9.80 Å². The Kier molecular flexibility index (Phi) is 2.21. The molecule has 0 aliphatic carbocycles. The molecule has 3 aliphatic rings. The molecule has 88 valence electrons. The van der Waals surface area contributed by atoms with E-state index in [9.17, 15) is 4.79 Å². The summed E-state index contributed by atoms with van der Waals surface area (Å²) in [5, 5.41) is 0. The lowest BCUT2D eigenvalue weighted by Gasteiger charge is -2.33. The van der Waals surface area contributed by atoms with Crippen LogP contribution in [0, 0.1) is 0 Å². The van der Waals surface area contributed by atoms with Crippen molar-refractivity contribution in [1.29, 1.82) is 0 Å². The van der Waals surface area contributed by atoms with Crippen LogP contribution in [0.25, 0.3) is 0 Å². The van der Waals surface area contributed by atoms with Crippen molar-refractivity contribution in [2.45, 2.75) is 12.2 Å². The molecule has 0 aromatic rings. The topological polar surface area (TPSA) is 57.5 Å². The molecule has 0 radical (unpaired) electrons. The summed E-state index contributed by atoms with van der Waals surface area (Å²) in [5.41, 5.74) is 0. The van der Waals surface area contributed by atoms with Gasteiger partial charge in [0, 0.05) is 19.0 Å². The third-order valence-electron chi connectivity index (χ3n) is 2.99. The van der Waals surface area contributed by atoms with Gasteiger partial charge in [0.1, 0.15) is 0 Å². The highest BCUT2D eigenvalue weighted by Crippen LogP contribution is 2.27. The van der Waals surface area contributed by atoms with Crippen molar-refractivity contribution in [2.24, 2.45) is 9.98 Å². The van der Waals surface area contributed by atoms with Crippen LogP contribution in [0.5, 0.6) is 0 Å². The lowest BCUT2D eigenvalue weighted by atomic mass is 10.1. The van der Waals surface area contributed by atoms with E-state index < -0.39 is 0 Å². The number of guanidine groups is 1. The number of nitrogens with zero attached hydrogens (tertiary/aromatic N) is 4. The zero-order chi connectivity index (χ0) is 11.8. The molecule has 2 atom stereocenters. The molecule has 6 heteroatoms. The molecule has 3 heterocycles. The maximum Gasteiger partial charge on any atom is 0.411 e. The van der Waals surface area contributed by atoms with E-state index in [1.807, 2.05) is 29.3 Å². The number of methoxy groups -OCH3 is 1. The molecule has 0 N–H and O–H groups in total. The van der Waals surface area contributed by atoms with E-state index in [0.717, 1.165) is 0 Å². The standard InChI is InChI=1S/C11H12N4O2/c1-17-11(16)15-6-2-4-8-9(15)13-10-12-5-3-7-14(8)10/h2-5,7-9H,6H2,1H3/t8-,9+/m0/s1. The van der Waals surface area contributed by atoms with E-state index in [1.54, 1.807) is 11.1 Å². The number of allylic oxidation sites excluding steroid dienone is 1. The van der Waals surface area contributed by atoms with Gasteiger partial charge in [-0.3, -0.25) is 4.90 Å². The minimum Gasteiger partial charge on any atom is -0.453 e.